The largest absolute Gasteiger partial charge is 0.301 e. The fourth-order valence-electron chi connectivity index (χ4n) is 2.90. The quantitative estimate of drug-likeness (QED) is 0.834. The Morgan fingerprint density at radius 3 is 2.29 bits per heavy atom. The Labute approximate surface area is 130 Å². The highest BCUT2D eigenvalue weighted by atomic mass is 15.3. The maximum atomic E-state index is 4.45. The summed E-state index contributed by atoms with van der Waals surface area (Å²) in [5.41, 5.74) is 1.66. The number of piperazine rings is 1. The summed E-state index contributed by atoms with van der Waals surface area (Å²) in [7, 11) is 0. The van der Waals surface area contributed by atoms with Crippen molar-refractivity contribution in [2.75, 3.05) is 32.7 Å². The molecule has 0 unspecified atom stereocenters. The lowest BCUT2D eigenvalue weighted by Crippen LogP contribution is -2.53. The van der Waals surface area contributed by atoms with E-state index in [1.807, 2.05) is 6.20 Å². The molecule has 120 valence electrons. The molecule has 0 aromatic carbocycles. The van der Waals surface area contributed by atoms with Gasteiger partial charge in [-0.15, -0.1) is 0 Å². The maximum Gasteiger partial charge on any atom is 0.0524 e. The smallest absolute Gasteiger partial charge is 0.0524 e. The van der Waals surface area contributed by atoms with Crippen molar-refractivity contribution in [3.63, 3.8) is 0 Å². The number of hydrogen-bond acceptors (Lipinski definition) is 3. The Morgan fingerprint density at radius 1 is 1.10 bits per heavy atom. The van der Waals surface area contributed by atoms with Crippen LogP contribution in [0.4, 0.5) is 0 Å². The average Bonchev–Trinajstić information content (AvgIpc) is 2.87. The molecule has 0 bridgehead atoms. The first-order valence-corrected chi connectivity index (χ1v) is 8.36. The van der Waals surface area contributed by atoms with Crippen LogP contribution < -0.4 is 0 Å². The molecule has 0 amide bonds. The van der Waals surface area contributed by atoms with Gasteiger partial charge in [-0.25, -0.2) is 0 Å². The van der Waals surface area contributed by atoms with Crippen molar-refractivity contribution in [1.29, 1.82) is 0 Å². The summed E-state index contributed by atoms with van der Waals surface area (Å²) in [5.74, 6) is 0.573. The first kappa shape index (κ1) is 16.5. The monoisotopic (exact) mass is 292 g/mol. The zero-order valence-corrected chi connectivity index (χ0v) is 14.5. The molecular formula is C17H32N4. The molecule has 0 saturated carbocycles. The number of aryl methyl sites for hydroxylation is 1. The van der Waals surface area contributed by atoms with Crippen LogP contribution in [-0.4, -0.2) is 57.8 Å². The highest BCUT2D eigenvalue weighted by molar-refractivity contribution is 5.08. The van der Waals surface area contributed by atoms with Crippen LogP contribution in [0.1, 0.15) is 52.5 Å². The van der Waals surface area contributed by atoms with Crippen molar-refractivity contribution in [3.8, 4) is 0 Å². The average molecular weight is 292 g/mol. The van der Waals surface area contributed by atoms with Gasteiger partial charge in [0.05, 0.1) is 6.20 Å². The molecule has 4 nitrogen and oxygen atoms in total. The number of aromatic nitrogens is 2. The normalized spacial score (nSPS) is 18.6. The van der Waals surface area contributed by atoms with Gasteiger partial charge in [0.25, 0.3) is 0 Å². The van der Waals surface area contributed by atoms with Crippen molar-refractivity contribution in [1.82, 2.24) is 19.6 Å². The van der Waals surface area contributed by atoms with E-state index in [0.717, 1.165) is 6.54 Å². The molecular weight excluding hydrogens is 260 g/mol. The highest BCUT2D eigenvalue weighted by Gasteiger charge is 2.25. The van der Waals surface area contributed by atoms with Gasteiger partial charge in [0, 0.05) is 44.5 Å². The van der Waals surface area contributed by atoms with Crippen molar-refractivity contribution in [2.45, 2.75) is 59.0 Å². The van der Waals surface area contributed by atoms with Crippen LogP contribution in [-0.2, 0) is 6.54 Å². The number of hydrogen-bond donors (Lipinski definition) is 0. The molecule has 21 heavy (non-hydrogen) atoms. The molecule has 1 saturated heterocycles. The minimum atomic E-state index is 0.314. The molecule has 1 aliphatic rings. The summed E-state index contributed by atoms with van der Waals surface area (Å²) >= 11 is 0. The Balaban J connectivity index is 1.68. The van der Waals surface area contributed by atoms with E-state index in [0.29, 0.717) is 11.5 Å². The van der Waals surface area contributed by atoms with Crippen molar-refractivity contribution >= 4 is 0 Å². The van der Waals surface area contributed by atoms with Gasteiger partial charge >= 0.3 is 0 Å². The van der Waals surface area contributed by atoms with E-state index in [1.54, 1.807) is 0 Å². The van der Waals surface area contributed by atoms with Gasteiger partial charge < -0.3 is 4.90 Å². The summed E-state index contributed by atoms with van der Waals surface area (Å²) in [5, 5.41) is 4.45. The third-order valence-electron chi connectivity index (χ3n) is 4.50. The van der Waals surface area contributed by atoms with Crippen molar-refractivity contribution in [3.05, 3.63) is 18.0 Å². The summed E-state index contributed by atoms with van der Waals surface area (Å²) in [6, 6.07) is 0. The fourth-order valence-corrected chi connectivity index (χ4v) is 2.90. The van der Waals surface area contributed by atoms with E-state index in [-0.39, 0.29) is 0 Å². The van der Waals surface area contributed by atoms with Gasteiger partial charge in [0.15, 0.2) is 0 Å². The second-order valence-electron chi connectivity index (χ2n) is 7.54. The topological polar surface area (TPSA) is 24.3 Å². The van der Waals surface area contributed by atoms with Gasteiger partial charge in [-0.05, 0) is 45.2 Å². The second kappa shape index (κ2) is 6.93. The molecule has 0 atom stereocenters. The first-order chi connectivity index (χ1) is 9.86. The molecule has 1 aromatic heterocycles. The summed E-state index contributed by atoms with van der Waals surface area (Å²) < 4.78 is 2.10. The molecule has 1 fully saturated rings. The predicted octanol–water partition coefficient (Wildman–Crippen LogP) is 2.81. The Bertz CT molecular complexity index is 422. The zero-order chi connectivity index (χ0) is 15.5. The third-order valence-corrected chi connectivity index (χ3v) is 4.50. The third kappa shape index (κ3) is 4.82. The maximum absolute atomic E-state index is 4.45. The molecule has 1 aromatic rings. The van der Waals surface area contributed by atoms with Crippen molar-refractivity contribution in [2.24, 2.45) is 0 Å². The molecule has 0 N–H and O–H groups in total. The molecule has 1 aliphatic heterocycles. The molecule has 0 radical (unpaired) electrons. The van der Waals surface area contributed by atoms with Crippen molar-refractivity contribution < 1.29 is 0 Å². The lowest BCUT2D eigenvalue weighted by atomic mass is 10.0. The molecule has 2 heterocycles. The van der Waals surface area contributed by atoms with Crippen LogP contribution in [0.25, 0.3) is 0 Å². The summed E-state index contributed by atoms with van der Waals surface area (Å²) in [6.45, 7) is 18.4. The first-order valence-electron chi connectivity index (χ1n) is 8.36. The van der Waals surface area contributed by atoms with Gasteiger partial charge in [-0.3, -0.25) is 9.58 Å². The summed E-state index contributed by atoms with van der Waals surface area (Å²) in [6.07, 6.45) is 5.39. The minimum absolute atomic E-state index is 0.314. The number of nitrogens with zero attached hydrogens (tertiary/aromatic N) is 4. The molecule has 4 heteroatoms. The lowest BCUT2D eigenvalue weighted by molar-refractivity contribution is 0.0613. The Kier molecular flexibility index (Phi) is 5.44. The van der Waals surface area contributed by atoms with E-state index in [4.69, 9.17) is 0 Å². The molecule has 2 rings (SSSR count). The van der Waals surface area contributed by atoms with E-state index in [9.17, 15) is 0 Å². The SMILES string of the molecule is CC(C)c1cnn(CCCN2CCN(C(C)(C)C)CC2)c1. The predicted molar refractivity (Wildman–Crippen MR) is 88.7 cm³/mol. The lowest BCUT2D eigenvalue weighted by Gasteiger charge is -2.42. The van der Waals surface area contributed by atoms with Crippen LogP contribution in [0, 0.1) is 0 Å². The van der Waals surface area contributed by atoms with Gasteiger partial charge in [0.1, 0.15) is 0 Å². The number of rotatable bonds is 5. The Morgan fingerprint density at radius 2 is 1.76 bits per heavy atom. The second-order valence-corrected chi connectivity index (χ2v) is 7.54. The van der Waals surface area contributed by atoms with Crippen LogP contribution in [0.5, 0.6) is 0 Å². The van der Waals surface area contributed by atoms with Crippen LogP contribution in [0.3, 0.4) is 0 Å². The molecule has 0 spiro atoms. The standard InChI is InChI=1S/C17H32N4/c1-15(2)16-13-18-21(14-16)8-6-7-19-9-11-20(12-10-19)17(3,4)5/h13-15H,6-12H2,1-5H3. The van der Waals surface area contributed by atoms with Gasteiger partial charge in [-0.1, -0.05) is 13.8 Å². The van der Waals surface area contributed by atoms with Gasteiger partial charge in [0.2, 0.25) is 0 Å². The van der Waals surface area contributed by atoms with Crippen LogP contribution in [0.15, 0.2) is 12.4 Å². The zero-order valence-electron chi connectivity index (χ0n) is 14.5. The van der Waals surface area contributed by atoms with E-state index in [2.05, 4.69) is 60.4 Å². The molecule has 0 aliphatic carbocycles. The fraction of sp³-hybridized carbons (Fsp3) is 0.824. The van der Waals surface area contributed by atoms with Crippen LogP contribution in [0.2, 0.25) is 0 Å². The Hall–Kier alpha value is -0.870. The summed E-state index contributed by atoms with van der Waals surface area (Å²) in [4.78, 5) is 5.18. The van der Waals surface area contributed by atoms with E-state index in [1.165, 1.54) is 44.7 Å². The van der Waals surface area contributed by atoms with E-state index >= 15 is 0 Å². The van der Waals surface area contributed by atoms with Crippen LogP contribution >= 0.6 is 0 Å². The highest BCUT2D eigenvalue weighted by Crippen LogP contribution is 2.16. The van der Waals surface area contributed by atoms with Gasteiger partial charge in [-0.2, -0.15) is 5.10 Å². The minimum Gasteiger partial charge on any atom is -0.301 e. The van der Waals surface area contributed by atoms with E-state index < -0.39 is 0 Å².